The van der Waals surface area contributed by atoms with Crippen LogP contribution in [-0.4, -0.2) is 32.6 Å². The maximum atomic E-state index is 12.3. The molecule has 0 fully saturated rings. The Bertz CT molecular complexity index is 707. The van der Waals surface area contributed by atoms with Gasteiger partial charge in [0.2, 0.25) is 0 Å². The van der Waals surface area contributed by atoms with Crippen molar-refractivity contribution in [1.29, 1.82) is 0 Å². The molecule has 0 aliphatic heterocycles. The van der Waals surface area contributed by atoms with E-state index in [0.29, 0.717) is 8.95 Å². The quantitative estimate of drug-likeness (QED) is 0.582. The van der Waals surface area contributed by atoms with Gasteiger partial charge in [-0.25, -0.2) is 0 Å². The van der Waals surface area contributed by atoms with Crippen molar-refractivity contribution in [2.75, 3.05) is 0 Å². The molecule has 0 aliphatic carbocycles. The average Bonchev–Trinajstić information content (AvgIpc) is 2.46. The molecule has 112 valence electrons. The zero-order chi connectivity index (χ0) is 16.3. The second-order valence-electron chi connectivity index (χ2n) is 4.28. The van der Waals surface area contributed by atoms with E-state index in [-0.39, 0.29) is 11.1 Å². The third kappa shape index (κ3) is 3.63. The van der Waals surface area contributed by atoms with E-state index in [1.807, 2.05) is 0 Å². The molecule has 2 rings (SSSR count). The first-order valence-electron chi connectivity index (χ1n) is 5.92. The second kappa shape index (κ2) is 6.89. The molecule has 0 aliphatic rings. The SMILES string of the molecule is O=C(O)C(C(=O)c1cncc(Br)c1)C(=O)c1cncc(Br)c1. The van der Waals surface area contributed by atoms with Crippen LogP contribution in [0.25, 0.3) is 0 Å². The van der Waals surface area contributed by atoms with E-state index in [4.69, 9.17) is 0 Å². The minimum atomic E-state index is -1.84. The molecule has 0 saturated carbocycles. The van der Waals surface area contributed by atoms with E-state index in [1.54, 1.807) is 0 Å². The summed E-state index contributed by atoms with van der Waals surface area (Å²) in [6.45, 7) is 0. The molecule has 1 N–H and O–H groups in total. The summed E-state index contributed by atoms with van der Waals surface area (Å²) in [4.78, 5) is 43.7. The molecular weight excluding hydrogens is 420 g/mol. The maximum Gasteiger partial charge on any atom is 0.322 e. The number of rotatable bonds is 5. The Morgan fingerprint density at radius 1 is 0.864 bits per heavy atom. The highest BCUT2D eigenvalue weighted by molar-refractivity contribution is 9.10. The summed E-state index contributed by atoms with van der Waals surface area (Å²) in [5.74, 6) is -5.01. The molecule has 6 nitrogen and oxygen atoms in total. The fourth-order valence-electron chi connectivity index (χ4n) is 1.77. The van der Waals surface area contributed by atoms with Crippen LogP contribution < -0.4 is 0 Å². The fourth-order valence-corrected chi connectivity index (χ4v) is 2.50. The van der Waals surface area contributed by atoms with Crippen LogP contribution in [0, 0.1) is 5.92 Å². The highest BCUT2D eigenvalue weighted by Gasteiger charge is 2.35. The summed E-state index contributed by atoms with van der Waals surface area (Å²) in [5, 5.41) is 9.27. The van der Waals surface area contributed by atoms with E-state index in [2.05, 4.69) is 41.8 Å². The summed E-state index contributed by atoms with van der Waals surface area (Å²) in [6, 6.07) is 2.83. The smallest absolute Gasteiger partial charge is 0.322 e. The molecule has 2 heterocycles. The zero-order valence-corrected chi connectivity index (χ0v) is 14.0. The first kappa shape index (κ1) is 16.4. The summed E-state index contributed by atoms with van der Waals surface area (Å²) in [6.07, 6.45) is 5.34. The van der Waals surface area contributed by atoms with Crippen molar-refractivity contribution in [2.45, 2.75) is 0 Å². The van der Waals surface area contributed by atoms with Gasteiger partial charge in [-0.2, -0.15) is 0 Å². The molecule has 0 aromatic carbocycles. The first-order chi connectivity index (χ1) is 10.4. The molecule has 0 unspecified atom stereocenters. The molecular formula is C14H8Br2N2O4. The van der Waals surface area contributed by atoms with Crippen LogP contribution in [0.4, 0.5) is 0 Å². The highest BCUT2D eigenvalue weighted by Crippen LogP contribution is 2.19. The number of nitrogens with zero attached hydrogens (tertiary/aromatic N) is 2. The molecule has 0 radical (unpaired) electrons. The molecule has 8 heteroatoms. The van der Waals surface area contributed by atoms with Crippen LogP contribution in [0.2, 0.25) is 0 Å². The van der Waals surface area contributed by atoms with Crippen molar-refractivity contribution >= 4 is 49.4 Å². The molecule has 0 bridgehead atoms. The number of halogens is 2. The largest absolute Gasteiger partial charge is 0.480 e. The number of hydrogen-bond donors (Lipinski definition) is 1. The fraction of sp³-hybridized carbons (Fsp3) is 0.0714. The summed E-state index contributed by atoms with van der Waals surface area (Å²) in [5.41, 5.74) is 0.0798. The lowest BCUT2D eigenvalue weighted by molar-refractivity contribution is -0.138. The van der Waals surface area contributed by atoms with Crippen molar-refractivity contribution < 1.29 is 19.5 Å². The summed E-state index contributed by atoms with van der Waals surface area (Å²) >= 11 is 6.29. The van der Waals surface area contributed by atoms with Gasteiger partial charge in [-0.1, -0.05) is 0 Å². The molecule has 0 spiro atoms. The number of aliphatic carboxylic acids is 1. The van der Waals surface area contributed by atoms with Gasteiger partial charge >= 0.3 is 5.97 Å². The Morgan fingerprint density at radius 2 is 1.27 bits per heavy atom. The molecule has 0 atom stereocenters. The number of hydrogen-bond acceptors (Lipinski definition) is 5. The minimum Gasteiger partial charge on any atom is -0.480 e. The Kier molecular flexibility index (Phi) is 5.15. The van der Waals surface area contributed by atoms with Gasteiger partial charge in [-0.3, -0.25) is 24.4 Å². The Morgan fingerprint density at radius 3 is 1.59 bits per heavy atom. The van der Waals surface area contributed by atoms with E-state index in [9.17, 15) is 19.5 Å². The van der Waals surface area contributed by atoms with Gasteiger partial charge < -0.3 is 5.11 Å². The predicted octanol–water partition coefficient (Wildman–Crippen LogP) is 2.77. The van der Waals surface area contributed by atoms with Crippen LogP contribution in [0.5, 0.6) is 0 Å². The molecule has 2 aromatic rings. The lowest BCUT2D eigenvalue weighted by Crippen LogP contribution is -2.32. The Balaban J connectivity index is 2.40. The zero-order valence-electron chi connectivity index (χ0n) is 10.9. The topological polar surface area (TPSA) is 97.2 Å². The second-order valence-corrected chi connectivity index (χ2v) is 6.11. The number of ketones is 2. The number of Topliss-reactive ketones (excluding diaryl/α,β-unsaturated/α-hetero) is 2. The van der Waals surface area contributed by atoms with Gasteiger partial charge in [0.25, 0.3) is 0 Å². The Labute approximate surface area is 141 Å². The third-order valence-electron chi connectivity index (χ3n) is 2.75. The van der Waals surface area contributed by atoms with Crippen molar-refractivity contribution in [3.63, 3.8) is 0 Å². The maximum absolute atomic E-state index is 12.3. The average molecular weight is 428 g/mol. The molecule has 0 saturated heterocycles. The van der Waals surface area contributed by atoms with E-state index < -0.39 is 23.5 Å². The van der Waals surface area contributed by atoms with Crippen LogP contribution >= 0.6 is 31.9 Å². The number of carboxylic acid groups (broad SMARTS) is 1. The monoisotopic (exact) mass is 426 g/mol. The van der Waals surface area contributed by atoms with Crippen LogP contribution in [-0.2, 0) is 4.79 Å². The van der Waals surface area contributed by atoms with Crippen molar-refractivity contribution in [3.05, 3.63) is 57.0 Å². The van der Waals surface area contributed by atoms with Gasteiger partial charge in [-0.05, 0) is 44.0 Å². The van der Waals surface area contributed by atoms with Gasteiger partial charge in [0, 0.05) is 44.9 Å². The highest BCUT2D eigenvalue weighted by atomic mass is 79.9. The number of carboxylic acids is 1. The van der Waals surface area contributed by atoms with Crippen LogP contribution in [0.15, 0.2) is 45.9 Å². The molecule has 0 amide bonds. The third-order valence-corrected chi connectivity index (χ3v) is 3.62. The molecule has 22 heavy (non-hydrogen) atoms. The van der Waals surface area contributed by atoms with Gasteiger partial charge in [0.15, 0.2) is 17.5 Å². The summed E-state index contributed by atoms with van der Waals surface area (Å²) in [7, 11) is 0. The number of carbonyl (C=O) groups excluding carboxylic acids is 2. The summed E-state index contributed by atoms with van der Waals surface area (Å²) < 4.78 is 1.03. The van der Waals surface area contributed by atoms with E-state index >= 15 is 0 Å². The first-order valence-corrected chi connectivity index (χ1v) is 7.51. The van der Waals surface area contributed by atoms with Crippen LogP contribution in [0.1, 0.15) is 20.7 Å². The van der Waals surface area contributed by atoms with Crippen LogP contribution in [0.3, 0.4) is 0 Å². The van der Waals surface area contributed by atoms with Gasteiger partial charge in [-0.15, -0.1) is 0 Å². The number of carbonyl (C=O) groups is 3. The number of aromatic nitrogens is 2. The number of pyridine rings is 2. The Hall–Kier alpha value is -1.93. The van der Waals surface area contributed by atoms with Crippen molar-refractivity contribution in [1.82, 2.24) is 9.97 Å². The lowest BCUT2D eigenvalue weighted by Gasteiger charge is -2.10. The van der Waals surface area contributed by atoms with Crippen molar-refractivity contribution in [2.24, 2.45) is 5.92 Å². The lowest BCUT2D eigenvalue weighted by atomic mass is 9.91. The van der Waals surface area contributed by atoms with Gasteiger partial charge in [0.05, 0.1) is 0 Å². The normalized spacial score (nSPS) is 10.5. The molecule has 2 aromatic heterocycles. The van der Waals surface area contributed by atoms with Gasteiger partial charge in [0.1, 0.15) is 0 Å². The van der Waals surface area contributed by atoms with E-state index in [0.717, 1.165) is 0 Å². The minimum absolute atomic E-state index is 0.0399. The van der Waals surface area contributed by atoms with E-state index in [1.165, 1.54) is 36.9 Å². The standard InChI is InChI=1S/C14H8Br2N2O4/c15-9-1-7(3-17-5-9)12(19)11(14(21)22)13(20)8-2-10(16)6-18-4-8/h1-6,11H,(H,21,22). The van der Waals surface area contributed by atoms with Crippen molar-refractivity contribution in [3.8, 4) is 0 Å². The predicted molar refractivity (Wildman–Crippen MR) is 83.7 cm³/mol.